The molecule has 1 aliphatic heterocycles. The lowest BCUT2D eigenvalue weighted by Crippen LogP contribution is -2.42. The summed E-state index contributed by atoms with van der Waals surface area (Å²) in [7, 11) is 0. The van der Waals surface area contributed by atoms with Crippen LogP contribution in [-0.2, 0) is 9.59 Å². The molecular weight excluding hydrogens is 350 g/mol. The second-order valence-electron chi connectivity index (χ2n) is 5.43. The molecule has 0 spiro atoms. The maximum atomic E-state index is 12.1. The number of hydrogen-bond acceptors (Lipinski definition) is 3. The fourth-order valence-electron chi connectivity index (χ4n) is 2.53. The van der Waals surface area contributed by atoms with E-state index in [9.17, 15) is 9.59 Å². The van der Waals surface area contributed by atoms with Crippen molar-refractivity contribution in [2.24, 2.45) is 5.92 Å². The minimum atomic E-state index is -0.810. The molecule has 0 aromatic heterocycles. The van der Waals surface area contributed by atoms with Gasteiger partial charge in [-0.3, -0.25) is 9.59 Å². The number of hydrogen-bond donors (Lipinski definition) is 1. The lowest BCUT2D eigenvalue weighted by molar-refractivity contribution is -0.145. The van der Waals surface area contributed by atoms with Gasteiger partial charge in [0.25, 0.3) is 0 Å². The quantitative estimate of drug-likeness (QED) is 0.782. The molecular formula is C16H20BrNO4. The Labute approximate surface area is 138 Å². The van der Waals surface area contributed by atoms with Crippen LogP contribution < -0.4 is 4.74 Å². The van der Waals surface area contributed by atoms with Gasteiger partial charge in [-0.15, -0.1) is 0 Å². The maximum Gasteiger partial charge on any atom is 0.308 e. The largest absolute Gasteiger partial charge is 0.494 e. The maximum absolute atomic E-state index is 12.1. The van der Waals surface area contributed by atoms with Gasteiger partial charge in [-0.05, 0) is 37.5 Å². The molecule has 1 aromatic carbocycles. The van der Waals surface area contributed by atoms with Crippen molar-refractivity contribution in [2.75, 3.05) is 19.7 Å². The molecule has 1 atom stereocenters. The van der Waals surface area contributed by atoms with Gasteiger partial charge in [-0.1, -0.05) is 22.0 Å². The topological polar surface area (TPSA) is 66.8 Å². The number of benzene rings is 1. The minimum absolute atomic E-state index is 0.0174. The van der Waals surface area contributed by atoms with E-state index in [1.54, 1.807) is 4.90 Å². The van der Waals surface area contributed by atoms with Crippen LogP contribution in [0.2, 0.25) is 0 Å². The second kappa shape index (κ2) is 8.17. The first-order valence-corrected chi connectivity index (χ1v) is 8.24. The molecule has 2 rings (SSSR count). The zero-order valence-corrected chi connectivity index (χ0v) is 13.9. The number of ether oxygens (including phenoxy) is 1. The number of halogens is 1. The molecule has 5 nitrogen and oxygen atoms in total. The highest BCUT2D eigenvalue weighted by molar-refractivity contribution is 9.10. The molecule has 1 amide bonds. The van der Waals surface area contributed by atoms with Gasteiger partial charge in [-0.25, -0.2) is 0 Å². The Bertz CT molecular complexity index is 535. The van der Waals surface area contributed by atoms with Crippen LogP contribution in [0, 0.1) is 5.92 Å². The third-order valence-electron chi connectivity index (χ3n) is 3.72. The number of rotatable bonds is 6. The van der Waals surface area contributed by atoms with E-state index in [1.165, 1.54) is 0 Å². The van der Waals surface area contributed by atoms with Gasteiger partial charge in [0.15, 0.2) is 0 Å². The van der Waals surface area contributed by atoms with Crippen LogP contribution in [0.25, 0.3) is 0 Å². The van der Waals surface area contributed by atoms with Crippen LogP contribution in [0.4, 0.5) is 0 Å². The summed E-state index contributed by atoms with van der Waals surface area (Å²) in [6, 6.07) is 7.56. The van der Waals surface area contributed by atoms with Gasteiger partial charge in [0.05, 0.1) is 12.5 Å². The van der Waals surface area contributed by atoms with E-state index in [-0.39, 0.29) is 5.91 Å². The van der Waals surface area contributed by atoms with Gasteiger partial charge in [-0.2, -0.15) is 0 Å². The predicted octanol–water partition coefficient (Wildman–Crippen LogP) is 2.93. The molecule has 0 radical (unpaired) electrons. The van der Waals surface area contributed by atoms with Crippen LogP contribution in [0.3, 0.4) is 0 Å². The Balaban J connectivity index is 1.70. The molecule has 1 saturated heterocycles. The molecule has 1 N–H and O–H groups in total. The zero-order chi connectivity index (χ0) is 15.9. The summed E-state index contributed by atoms with van der Waals surface area (Å²) in [5.74, 6) is -0.444. The first-order chi connectivity index (χ1) is 10.6. The number of carboxylic acids is 1. The number of piperidine rings is 1. The molecule has 0 saturated carbocycles. The number of aliphatic carboxylic acids is 1. The Morgan fingerprint density at radius 2 is 2.23 bits per heavy atom. The summed E-state index contributed by atoms with van der Waals surface area (Å²) in [5, 5.41) is 9.04. The molecule has 22 heavy (non-hydrogen) atoms. The summed E-state index contributed by atoms with van der Waals surface area (Å²) >= 11 is 3.37. The van der Waals surface area contributed by atoms with E-state index in [0.29, 0.717) is 39.0 Å². The lowest BCUT2D eigenvalue weighted by atomic mass is 9.98. The molecule has 1 aliphatic rings. The Hall–Kier alpha value is -1.56. The number of carbonyl (C=O) groups excluding carboxylic acids is 1. The first-order valence-electron chi connectivity index (χ1n) is 7.45. The molecule has 1 unspecified atom stereocenters. The highest BCUT2D eigenvalue weighted by Gasteiger charge is 2.27. The standard InChI is InChI=1S/C16H20BrNO4/c17-13-5-1-6-14(10-13)22-9-3-7-15(19)18-8-2-4-12(11-18)16(20)21/h1,5-6,10,12H,2-4,7-9,11H2,(H,20,21). The van der Waals surface area contributed by atoms with Crippen LogP contribution in [0.15, 0.2) is 28.7 Å². The Kier molecular flexibility index (Phi) is 6.24. The van der Waals surface area contributed by atoms with Crippen molar-refractivity contribution in [1.29, 1.82) is 0 Å². The minimum Gasteiger partial charge on any atom is -0.494 e. The average Bonchev–Trinajstić information content (AvgIpc) is 2.51. The van der Waals surface area contributed by atoms with E-state index in [2.05, 4.69) is 15.9 Å². The van der Waals surface area contributed by atoms with E-state index in [1.807, 2.05) is 24.3 Å². The highest BCUT2D eigenvalue weighted by Crippen LogP contribution is 2.19. The Morgan fingerprint density at radius 1 is 1.41 bits per heavy atom. The summed E-state index contributed by atoms with van der Waals surface area (Å²) in [6.07, 6.45) is 2.43. The van der Waals surface area contributed by atoms with Gasteiger partial charge >= 0.3 is 5.97 Å². The molecule has 1 heterocycles. The van der Waals surface area contributed by atoms with Crippen LogP contribution in [0.5, 0.6) is 5.75 Å². The monoisotopic (exact) mass is 369 g/mol. The lowest BCUT2D eigenvalue weighted by Gasteiger charge is -2.30. The summed E-state index contributed by atoms with van der Waals surface area (Å²) in [5.41, 5.74) is 0. The summed E-state index contributed by atoms with van der Waals surface area (Å²) < 4.78 is 6.54. The van der Waals surface area contributed by atoms with Gasteiger partial charge in [0, 0.05) is 24.0 Å². The summed E-state index contributed by atoms with van der Waals surface area (Å²) in [4.78, 5) is 24.8. The van der Waals surface area contributed by atoms with E-state index in [4.69, 9.17) is 9.84 Å². The predicted molar refractivity (Wildman–Crippen MR) is 85.8 cm³/mol. The number of carbonyl (C=O) groups is 2. The number of carboxylic acid groups (broad SMARTS) is 1. The van der Waals surface area contributed by atoms with Crippen molar-refractivity contribution < 1.29 is 19.4 Å². The van der Waals surface area contributed by atoms with Crippen molar-refractivity contribution in [2.45, 2.75) is 25.7 Å². The summed E-state index contributed by atoms with van der Waals surface area (Å²) in [6.45, 7) is 1.47. The van der Waals surface area contributed by atoms with Gasteiger partial charge in [0.2, 0.25) is 5.91 Å². The third-order valence-corrected chi connectivity index (χ3v) is 4.22. The number of likely N-dealkylation sites (tertiary alicyclic amines) is 1. The van der Waals surface area contributed by atoms with Crippen molar-refractivity contribution in [1.82, 2.24) is 4.90 Å². The number of nitrogens with zero attached hydrogens (tertiary/aromatic N) is 1. The van der Waals surface area contributed by atoms with Crippen LogP contribution >= 0.6 is 15.9 Å². The molecule has 0 bridgehead atoms. The van der Waals surface area contributed by atoms with Crippen molar-refractivity contribution >= 4 is 27.8 Å². The van der Waals surface area contributed by atoms with E-state index >= 15 is 0 Å². The third kappa shape index (κ3) is 5.02. The highest BCUT2D eigenvalue weighted by atomic mass is 79.9. The fourth-order valence-corrected chi connectivity index (χ4v) is 2.91. The van der Waals surface area contributed by atoms with Gasteiger partial charge < -0.3 is 14.7 Å². The number of amides is 1. The van der Waals surface area contributed by atoms with E-state index < -0.39 is 11.9 Å². The molecule has 6 heteroatoms. The normalized spacial score (nSPS) is 18.0. The average molecular weight is 370 g/mol. The van der Waals surface area contributed by atoms with E-state index in [0.717, 1.165) is 16.6 Å². The van der Waals surface area contributed by atoms with Crippen molar-refractivity contribution in [3.63, 3.8) is 0 Å². The second-order valence-corrected chi connectivity index (χ2v) is 6.34. The zero-order valence-electron chi connectivity index (χ0n) is 12.3. The molecule has 1 fully saturated rings. The van der Waals surface area contributed by atoms with Crippen LogP contribution in [0.1, 0.15) is 25.7 Å². The molecule has 1 aromatic rings. The molecule has 120 valence electrons. The SMILES string of the molecule is O=C(O)C1CCCN(C(=O)CCCOc2cccc(Br)c2)C1. The van der Waals surface area contributed by atoms with Crippen LogP contribution in [-0.4, -0.2) is 41.6 Å². The molecule has 0 aliphatic carbocycles. The fraction of sp³-hybridized carbons (Fsp3) is 0.500. The smallest absolute Gasteiger partial charge is 0.308 e. The van der Waals surface area contributed by atoms with Crippen molar-refractivity contribution in [3.8, 4) is 5.75 Å². The van der Waals surface area contributed by atoms with Gasteiger partial charge in [0.1, 0.15) is 5.75 Å². The Morgan fingerprint density at radius 3 is 2.95 bits per heavy atom. The first kappa shape index (κ1) is 16.8. The van der Waals surface area contributed by atoms with Crippen molar-refractivity contribution in [3.05, 3.63) is 28.7 Å².